The Morgan fingerprint density at radius 3 is 2.69 bits per heavy atom. The quantitative estimate of drug-likeness (QED) is 0.738. The number of aromatic nitrogens is 2. The highest BCUT2D eigenvalue weighted by atomic mass is 35.5. The molecule has 0 unspecified atom stereocenters. The summed E-state index contributed by atoms with van der Waals surface area (Å²) in [7, 11) is 0. The number of carbonyl (C=O) groups is 2. The van der Waals surface area contributed by atoms with Crippen LogP contribution in [0, 0.1) is 0 Å². The van der Waals surface area contributed by atoms with Gasteiger partial charge in [0.15, 0.2) is 0 Å². The van der Waals surface area contributed by atoms with E-state index in [2.05, 4.69) is 15.7 Å². The second-order valence-electron chi connectivity index (χ2n) is 5.61. The molecule has 0 saturated heterocycles. The number of benzene rings is 2. The Bertz CT molecular complexity index is 1060. The zero-order valence-electron chi connectivity index (χ0n) is 13.8. The summed E-state index contributed by atoms with van der Waals surface area (Å²) < 4.78 is 1.46. The number of rotatable bonds is 4. The van der Waals surface area contributed by atoms with E-state index in [1.54, 1.807) is 42.5 Å². The number of hydrogen-bond donors (Lipinski definition) is 2. The summed E-state index contributed by atoms with van der Waals surface area (Å²) in [6, 6.07) is 11.7. The van der Waals surface area contributed by atoms with Gasteiger partial charge in [-0.2, -0.15) is 5.10 Å². The van der Waals surface area contributed by atoms with Gasteiger partial charge in [0.05, 0.1) is 22.4 Å². The van der Waals surface area contributed by atoms with Crippen molar-refractivity contribution in [3.05, 3.63) is 63.9 Å². The maximum Gasteiger partial charge on any atom is 0.246 e. The fourth-order valence-corrected chi connectivity index (χ4v) is 2.68. The molecule has 0 radical (unpaired) electrons. The highest BCUT2D eigenvalue weighted by Gasteiger charge is 2.10. The van der Waals surface area contributed by atoms with E-state index in [0.29, 0.717) is 27.3 Å². The minimum Gasteiger partial charge on any atom is -0.325 e. The molecule has 3 rings (SSSR count). The summed E-state index contributed by atoms with van der Waals surface area (Å²) in [5.74, 6) is -0.596. The van der Waals surface area contributed by atoms with Crippen LogP contribution in [0.1, 0.15) is 6.92 Å². The van der Waals surface area contributed by atoms with Crippen molar-refractivity contribution in [2.75, 3.05) is 10.6 Å². The molecule has 0 aliphatic carbocycles. The lowest BCUT2D eigenvalue weighted by atomic mass is 10.2. The van der Waals surface area contributed by atoms with E-state index >= 15 is 0 Å². The number of amides is 2. The first kappa shape index (κ1) is 17.6. The molecule has 0 atom stereocenters. The monoisotopic (exact) mass is 370 g/mol. The molecule has 0 fully saturated rings. The third-order valence-corrected chi connectivity index (χ3v) is 3.95. The van der Waals surface area contributed by atoms with Crippen LogP contribution in [0.5, 0.6) is 0 Å². The fourth-order valence-electron chi connectivity index (χ4n) is 2.51. The van der Waals surface area contributed by atoms with E-state index in [-0.39, 0.29) is 23.8 Å². The molecule has 2 aromatic carbocycles. The van der Waals surface area contributed by atoms with Gasteiger partial charge >= 0.3 is 0 Å². The third kappa shape index (κ3) is 3.89. The zero-order chi connectivity index (χ0) is 18.7. The molecule has 8 heteroatoms. The van der Waals surface area contributed by atoms with Crippen LogP contribution in [0.15, 0.2) is 53.5 Å². The highest BCUT2D eigenvalue weighted by molar-refractivity contribution is 6.33. The Hall–Kier alpha value is -3.19. The molecular weight excluding hydrogens is 356 g/mol. The normalized spacial score (nSPS) is 10.5. The first-order chi connectivity index (χ1) is 12.4. The Balaban J connectivity index is 1.81. The number of hydrogen-bond acceptors (Lipinski definition) is 4. The minimum absolute atomic E-state index is 0.0705. The molecular formula is C18H15ClN4O3. The summed E-state index contributed by atoms with van der Waals surface area (Å²) in [5, 5.41) is 10.2. The maximum atomic E-state index is 12.4. The second-order valence-corrected chi connectivity index (χ2v) is 6.01. The second kappa shape index (κ2) is 7.37. The predicted molar refractivity (Wildman–Crippen MR) is 100 cm³/mol. The lowest BCUT2D eigenvalue weighted by molar-refractivity contribution is -0.117. The first-order valence-corrected chi connectivity index (χ1v) is 8.13. The van der Waals surface area contributed by atoms with Crippen LogP contribution in [0.4, 0.5) is 11.4 Å². The van der Waals surface area contributed by atoms with Gasteiger partial charge in [0.25, 0.3) is 0 Å². The van der Waals surface area contributed by atoms with Crippen LogP contribution >= 0.6 is 11.6 Å². The SMILES string of the molecule is CC(=O)Nc1cc(NC(=O)Cn2ncc(=O)c3ccccc32)ccc1Cl. The van der Waals surface area contributed by atoms with E-state index in [0.717, 1.165) is 0 Å². The van der Waals surface area contributed by atoms with Crippen LogP contribution in [0.3, 0.4) is 0 Å². The van der Waals surface area contributed by atoms with Crippen molar-refractivity contribution in [3.8, 4) is 0 Å². The standard InChI is InChI=1S/C18H15ClN4O3/c1-11(24)21-15-8-12(6-7-14(15)19)22-18(26)10-23-16-5-3-2-4-13(16)17(25)9-20-23/h2-9H,10H2,1H3,(H,21,24)(H,22,26). The lowest BCUT2D eigenvalue weighted by Crippen LogP contribution is -2.22. The molecule has 0 spiro atoms. The molecule has 26 heavy (non-hydrogen) atoms. The molecule has 0 saturated carbocycles. The van der Waals surface area contributed by atoms with E-state index in [4.69, 9.17) is 11.6 Å². The van der Waals surface area contributed by atoms with Crippen molar-refractivity contribution in [2.45, 2.75) is 13.5 Å². The average molecular weight is 371 g/mol. The number of anilines is 2. The fraction of sp³-hybridized carbons (Fsp3) is 0.111. The van der Waals surface area contributed by atoms with Gasteiger partial charge in [-0.15, -0.1) is 0 Å². The number of carbonyl (C=O) groups excluding carboxylic acids is 2. The van der Waals surface area contributed by atoms with Crippen LogP contribution in [-0.2, 0) is 16.1 Å². The maximum absolute atomic E-state index is 12.4. The molecule has 2 N–H and O–H groups in total. The van der Waals surface area contributed by atoms with Gasteiger partial charge in [-0.05, 0) is 30.3 Å². The number of halogens is 1. The molecule has 1 heterocycles. The van der Waals surface area contributed by atoms with Crippen molar-refractivity contribution in [1.29, 1.82) is 0 Å². The summed E-state index contributed by atoms with van der Waals surface area (Å²) in [6.45, 7) is 1.30. The first-order valence-electron chi connectivity index (χ1n) is 7.76. The minimum atomic E-state index is -0.331. The molecule has 7 nitrogen and oxygen atoms in total. The van der Waals surface area contributed by atoms with E-state index < -0.39 is 0 Å². The Kier molecular flexibility index (Phi) is 4.99. The summed E-state index contributed by atoms with van der Waals surface area (Å²) in [5.41, 5.74) is 1.26. The van der Waals surface area contributed by atoms with Gasteiger partial charge in [0.2, 0.25) is 17.2 Å². The molecule has 132 valence electrons. The van der Waals surface area contributed by atoms with E-state index in [1.165, 1.54) is 17.8 Å². The Morgan fingerprint density at radius 2 is 1.92 bits per heavy atom. The number of para-hydroxylation sites is 1. The summed E-state index contributed by atoms with van der Waals surface area (Å²) in [6.07, 6.45) is 1.19. The molecule has 2 amide bonds. The molecule has 0 aliphatic heterocycles. The average Bonchev–Trinajstić information content (AvgIpc) is 2.60. The Labute approximate surface area is 153 Å². The van der Waals surface area contributed by atoms with Crippen LogP contribution in [-0.4, -0.2) is 21.6 Å². The summed E-state index contributed by atoms with van der Waals surface area (Å²) >= 11 is 6.02. The third-order valence-electron chi connectivity index (χ3n) is 3.62. The van der Waals surface area contributed by atoms with Crippen molar-refractivity contribution in [3.63, 3.8) is 0 Å². The smallest absolute Gasteiger partial charge is 0.246 e. The van der Waals surface area contributed by atoms with Crippen LogP contribution in [0.2, 0.25) is 5.02 Å². The lowest BCUT2D eigenvalue weighted by Gasteiger charge is -2.11. The molecule has 0 aliphatic rings. The van der Waals surface area contributed by atoms with Gasteiger partial charge in [-0.25, -0.2) is 0 Å². The van der Waals surface area contributed by atoms with Crippen LogP contribution < -0.4 is 16.1 Å². The molecule has 0 bridgehead atoms. The Morgan fingerprint density at radius 1 is 1.15 bits per heavy atom. The molecule has 1 aromatic heterocycles. The van der Waals surface area contributed by atoms with Gasteiger partial charge in [0, 0.05) is 18.0 Å². The van der Waals surface area contributed by atoms with E-state index in [1.807, 2.05) is 0 Å². The molecule has 3 aromatic rings. The van der Waals surface area contributed by atoms with Crippen LogP contribution in [0.25, 0.3) is 10.9 Å². The van der Waals surface area contributed by atoms with Gasteiger partial charge in [0.1, 0.15) is 6.54 Å². The number of nitrogens with zero attached hydrogens (tertiary/aromatic N) is 2. The zero-order valence-corrected chi connectivity index (χ0v) is 14.6. The van der Waals surface area contributed by atoms with Gasteiger partial charge in [-0.1, -0.05) is 23.7 Å². The largest absolute Gasteiger partial charge is 0.325 e. The van der Waals surface area contributed by atoms with Crippen molar-refractivity contribution >= 4 is 45.7 Å². The van der Waals surface area contributed by atoms with Gasteiger partial charge < -0.3 is 10.6 Å². The van der Waals surface area contributed by atoms with Crippen molar-refractivity contribution < 1.29 is 9.59 Å². The summed E-state index contributed by atoms with van der Waals surface area (Å²) in [4.78, 5) is 35.4. The van der Waals surface area contributed by atoms with E-state index in [9.17, 15) is 14.4 Å². The number of nitrogens with one attached hydrogen (secondary N) is 2. The predicted octanol–water partition coefficient (Wildman–Crippen LogP) is 2.65. The number of fused-ring (bicyclic) bond motifs is 1. The topological polar surface area (TPSA) is 93.1 Å². The van der Waals surface area contributed by atoms with Gasteiger partial charge in [-0.3, -0.25) is 19.1 Å². The van der Waals surface area contributed by atoms with Crippen molar-refractivity contribution in [2.24, 2.45) is 0 Å². The van der Waals surface area contributed by atoms with Crippen molar-refractivity contribution in [1.82, 2.24) is 9.78 Å². The highest BCUT2D eigenvalue weighted by Crippen LogP contribution is 2.25.